The zero-order valence-electron chi connectivity index (χ0n) is 15.1. The third-order valence-corrected chi connectivity index (χ3v) is 5.07. The standard InChI is InChI=1S/C22H16ClFN2O3/c23-15-10-11-18(17(24)12-15)25-20(27)13-26-19-9-5-4-8-16(19)22(29,21(26)28)14-6-2-1-3-7-14/h1-12,29H,13H2,(H,25,27)/t22-/m0/s1. The Morgan fingerprint density at radius 3 is 2.48 bits per heavy atom. The van der Waals surface area contributed by atoms with Gasteiger partial charge in [0.25, 0.3) is 5.91 Å². The van der Waals surface area contributed by atoms with Crippen molar-refractivity contribution in [3.63, 3.8) is 0 Å². The van der Waals surface area contributed by atoms with Crippen LogP contribution >= 0.6 is 11.6 Å². The molecule has 3 aromatic rings. The van der Waals surface area contributed by atoms with Crippen LogP contribution in [0.5, 0.6) is 0 Å². The van der Waals surface area contributed by atoms with E-state index < -0.39 is 23.2 Å². The SMILES string of the molecule is O=C(CN1C(=O)[C@](O)(c2ccccc2)c2ccccc21)Nc1ccc(Cl)cc1F. The van der Waals surface area contributed by atoms with Gasteiger partial charge in [0.15, 0.2) is 5.60 Å². The van der Waals surface area contributed by atoms with E-state index in [-0.39, 0.29) is 17.3 Å². The number of carbonyl (C=O) groups is 2. The summed E-state index contributed by atoms with van der Waals surface area (Å²) in [6, 6.07) is 19.2. The quantitative estimate of drug-likeness (QED) is 0.689. The number of rotatable bonds is 4. The van der Waals surface area contributed by atoms with Gasteiger partial charge in [-0.05, 0) is 29.8 Å². The molecule has 3 aromatic carbocycles. The van der Waals surface area contributed by atoms with Crippen molar-refractivity contribution in [2.24, 2.45) is 0 Å². The zero-order valence-corrected chi connectivity index (χ0v) is 15.9. The Bertz CT molecular complexity index is 1110. The highest BCUT2D eigenvalue weighted by Gasteiger charge is 2.51. The highest BCUT2D eigenvalue weighted by atomic mass is 35.5. The number of nitrogens with one attached hydrogen (secondary N) is 1. The van der Waals surface area contributed by atoms with E-state index in [0.29, 0.717) is 16.8 Å². The maximum absolute atomic E-state index is 14.0. The lowest BCUT2D eigenvalue weighted by atomic mass is 9.88. The minimum atomic E-state index is -1.90. The van der Waals surface area contributed by atoms with Crippen molar-refractivity contribution in [1.82, 2.24) is 0 Å². The van der Waals surface area contributed by atoms with Gasteiger partial charge in [0.05, 0.1) is 11.4 Å². The molecule has 146 valence electrons. The molecule has 7 heteroatoms. The number of halogens is 2. The van der Waals surface area contributed by atoms with Crippen LogP contribution in [0.3, 0.4) is 0 Å². The molecule has 0 unspecified atom stereocenters. The molecule has 0 bridgehead atoms. The van der Waals surface area contributed by atoms with Gasteiger partial charge in [0.1, 0.15) is 12.4 Å². The van der Waals surface area contributed by atoms with Crippen LogP contribution in [0.1, 0.15) is 11.1 Å². The maximum atomic E-state index is 14.0. The summed E-state index contributed by atoms with van der Waals surface area (Å²) >= 11 is 5.72. The molecule has 1 heterocycles. The molecule has 29 heavy (non-hydrogen) atoms. The highest BCUT2D eigenvalue weighted by Crippen LogP contribution is 2.44. The van der Waals surface area contributed by atoms with Crippen LogP contribution in [0.2, 0.25) is 5.02 Å². The fraction of sp³-hybridized carbons (Fsp3) is 0.0909. The first kappa shape index (κ1) is 19.1. The summed E-state index contributed by atoms with van der Waals surface area (Å²) in [6.07, 6.45) is 0. The van der Waals surface area contributed by atoms with E-state index in [4.69, 9.17) is 11.6 Å². The summed E-state index contributed by atoms with van der Waals surface area (Å²) in [4.78, 5) is 26.9. The normalized spacial score (nSPS) is 17.9. The van der Waals surface area contributed by atoms with E-state index >= 15 is 0 Å². The number of fused-ring (bicyclic) bond motifs is 1. The molecule has 5 nitrogen and oxygen atoms in total. The lowest BCUT2D eigenvalue weighted by Crippen LogP contribution is -2.44. The lowest BCUT2D eigenvalue weighted by molar-refractivity contribution is -0.133. The van der Waals surface area contributed by atoms with Crippen molar-refractivity contribution in [1.29, 1.82) is 0 Å². The minimum absolute atomic E-state index is 0.0438. The Hall–Kier alpha value is -3.22. The van der Waals surface area contributed by atoms with Crippen molar-refractivity contribution < 1.29 is 19.1 Å². The van der Waals surface area contributed by atoms with Crippen molar-refractivity contribution in [3.8, 4) is 0 Å². The molecule has 0 saturated carbocycles. The Morgan fingerprint density at radius 1 is 1.07 bits per heavy atom. The number of aliphatic hydroxyl groups is 1. The maximum Gasteiger partial charge on any atom is 0.268 e. The Kier molecular flexibility index (Phi) is 4.82. The topological polar surface area (TPSA) is 69.6 Å². The van der Waals surface area contributed by atoms with E-state index in [1.165, 1.54) is 17.0 Å². The Balaban J connectivity index is 1.65. The average Bonchev–Trinajstić information content (AvgIpc) is 2.94. The number of amides is 2. The van der Waals surface area contributed by atoms with Crippen LogP contribution in [0.15, 0.2) is 72.8 Å². The molecule has 4 rings (SSSR count). The molecule has 0 radical (unpaired) electrons. The van der Waals surface area contributed by atoms with Crippen molar-refractivity contribution in [3.05, 3.63) is 94.8 Å². The van der Waals surface area contributed by atoms with Gasteiger partial charge in [-0.1, -0.05) is 60.1 Å². The summed E-state index contributed by atoms with van der Waals surface area (Å²) in [7, 11) is 0. The van der Waals surface area contributed by atoms with E-state index in [1.54, 1.807) is 54.6 Å². The van der Waals surface area contributed by atoms with Gasteiger partial charge in [0.2, 0.25) is 5.91 Å². The second-order valence-corrected chi connectivity index (χ2v) is 7.09. The second kappa shape index (κ2) is 7.31. The molecule has 2 amide bonds. The number of para-hydroxylation sites is 1. The number of anilines is 2. The second-order valence-electron chi connectivity index (χ2n) is 6.66. The molecule has 1 aliphatic heterocycles. The van der Waals surface area contributed by atoms with E-state index in [1.807, 2.05) is 0 Å². The number of benzene rings is 3. The molecule has 2 N–H and O–H groups in total. The predicted molar refractivity (Wildman–Crippen MR) is 108 cm³/mol. The molecular weight excluding hydrogens is 395 g/mol. The lowest BCUT2D eigenvalue weighted by Gasteiger charge is -2.23. The van der Waals surface area contributed by atoms with Gasteiger partial charge in [0, 0.05) is 10.6 Å². The zero-order chi connectivity index (χ0) is 20.6. The third-order valence-electron chi connectivity index (χ3n) is 4.84. The molecular formula is C22H16ClFN2O3. The average molecular weight is 411 g/mol. The fourth-order valence-electron chi connectivity index (χ4n) is 3.47. The Morgan fingerprint density at radius 2 is 1.76 bits per heavy atom. The molecule has 0 spiro atoms. The summed E-state index contributed by atoms with van der Waals surface area (Å²) < 4.78 is 14.0. The number of hydrogen-bond acceptors (Lipinski definition) is 3. The largest absolute Gasteiger partial charge is 0.372 e. The molecule has 1 atom stereocenters. The Labute approximate surface area is 171 Å². The van der Waals surface area contributed by atoms with Gasteiger partial charge in [-0.15, -0.1) is 0 Å². The predicted octanol–water partition coefficient (Wildman–Crippen LogP) is 3.70. The molecule has 1 aliphatic rings. The third kappa shape index (κ3) is 3.26. The van der Waals surface area contributed by atoms with E-state index in [9.17, 15) is 19.1 Å². The van der Waals surface area contributed by atoms with Crippen LogP contribution < -0.4 is 10.2 Å². The first-order valence-electron chi connectivity index (χ1n) is 8.85. The number of nitrogens with zero attached hydrogens (tertiary/aromatic N) is 1. The number of hydrogen-bond donors (Lipinski definition) is 2. The first-order valence-corrected chi connectivity index (χ1v) is 9.23. The highest BCUT2D eigenvalue weighted by molar-refractivity contribution is 6.30. The summed E-state index contributed by atoms with van der Waals surface area (Å²) in [5, 5.41) is 14.0. The summed E-state index contributed by atoms with van der Waals surface area (Å²) in [5.74, 6) is -1.93. The van der Waals surface area contributed by atoms with Crippen LogP contribution in [0.25, 0.3) is 0 Å². The first-order chi connectivity index (χ1) is 13.9. The number of carbonyl (C=O) groups excluding carboxylic acids is 2. The van der Waals surface area contributed by atoms with E-state index in [0.717, 1.165) is 6.07 Å². The van der Waals surface area contributed by atoms with Crippen molar-refractivity contribution in [2.75, 3.05) is 16.8 Å². The van der Waals surface area contributed by atoms with Crippen LogP contribution in [-0.4, -0.2) is 23.5 Å². The molecule has 0 fully saturated rings. The summed E-state index contributed by atoms with van der Waals surface area (Å²) in [6.45, 7) is -0.382. The van der Waals surface area contributed by atoms with Crippen molar-refractivity contribution >= 4 is 34.8 Å². The molecule has 0 saturated heterocycles. The molecule has 0 aromatic heterocycles. The van der Waals surface area contributed by atoms with Gasteiger partial charge >= 0.3 is 0 Å². The van der Waals surface area contributed by atoms with Crippen molar-refractivity contribution in [2.45, 2.75) is 5.60 Å². The monoisotopic (exact) mass is 410 g/mol. The van der Waals surface area contributed by atoms with Gasteiger partial charge < -0.3 is 10.4 Å². The minimum Gasteiger partial charge on any atom is -0.372 e. The molecule has 0 aliphatic carbocycles. The smallest absolute Gasteiger partial charge is 0.268 e. The van der Waals surface area contributed by atoms with Crippen LogP contribution in [-0.2, 0) is 15.2 Å². The van der Waals surface area contributed by atoms with Gasteiger partial charge in [-0.2, -0.15) is 0 Å². The van der Waals surface area contributed by atoms with Gasteiger partial charge in [-0.25, -0.2) is 4.39 Å². The van der Waals surface area contributed by atoms with Gasteiger partial charge in [-0.3, -0.25) is 14.5 Å². The van der Waals surface area contributed by atoms with E-state index in [2.05, 4.69) is 5.32 Å². The van der Waals surface area contributed by atoms with Crippen LogP contribution in [0, 0.1) is 5.82 Å². The fourth-order valence-corrected chi connectivity index (χ4v) is 3.63. The summed E-state index contributed by atoms with van der Waals surface area (Å²) in [5.41, 5.74) is -0.720. The van der Waals surface area contributed by atoms with Crippen LogP contribution in [0.4, 0.5) is 15.8 Å².